The van der Waals surface area contributed by atoms with Gasteiger partial charge < -0.3 is 9.73 Å². The van der Waals surface area contributed by atoms with E-state index in [2.05, 4.69) is 26.6 Å². The normalized spacial score (nSPS) is 11.1. The SMILES string of the molecule is Cc1ccc(/C=C/c2nc(SCC(=O)Nc3c(C#N)c(C)c(C)n3-c3cccc(F)c3)n[nH]2)o1. The average molecular weight is 477 g/mol. The first-order chi connectivity index (χ1) is 16.4. The molecule has 0 fully saturated rings. The van der Waals surface area contributed by atoms with Crippen LogP contribution < -0.4 is 5.32 Å². The largest absolute Gasteiger partial charge is 0.462 e. The number of anilines is 1. The minimum Gasteiger partial charge on any atom is -0.462 e. The molecule has 8 nitrogen and oxygen atoms in total. The summed E-state index contributed by atoms with van der Waals surface area (Å²) in [6, 6.07) is 11.8. The summed E-state index contributed by atoms with van der Waals surface area (Å²) in [5, 5.41) is 19.8. The molecule has 0 saturated heterocycles. The molecule has 0 aliphatic heterocycles. The van der Waals surface area contributed by atoms with Crippen molar-refractivity contribution in [1.82, 2.24) is 19.7 Å². The molecular formula is C24H21FN6O2S. The Hall–Kier alpha value is -4.10. The maximum atomic E-state index is 13.8. The minimum absolute atomic E-state index is 0.0235. The monoisotopic (exact) mass is 476 g/mol. The van der Waals surface area contributed by atoms with E-state index in [9.17, 15) is 14.4 Å². The van der Waals surface area contributed by atoms with Crippen LogP contribution in [0.3, 0.4) is 0 Å². The van der Waals surface area contributed by atoms with Crippen molar-refractivity contribution in [2.75, 3.05) is 11.1 Å². The molecule has 0 saturated carbocycles. The number of rotatable bonds is 7. The van der Waals surface area contributed by atoms with Gasteiger partial charge in [-0.3, -0.25) is 14.5 Å². The Morgan fingerprint density at radius 3 is 2.82 bits per heavy atom. The zero-order valence-corrected chi connectivity index (χ0v) is 19.5. The molecule has 3 aromatic heterocycles. The van der Waals surface area contributed by atoms with E-state index in [1.807, 2.05) is 26.0 Å². The zero-order valence-electron chi connectivity index (χ0n) is 18.7. The Balaban J connectivity index is 1.47. The number of nitrogens with zero attached hydrogens (tertiary/aromatic N) is 4. The predicted molar refractivity (Wildman–Crippen MR) is 128 cm³/mol. The quantitative estimate of drug-likeness (QED) is 0.362. The third kappa shape index (κ3) is 4.94. The fourth-order valence-electron chi connectivity index (χ4n) is 3.40. The molecule has 4 aromatic rings. The van der Waals surface area contributed by atoms with Crippen molar-refractivity contribution in [2.24, 2.45) is 0 Å². The minimum atomic E-state index is -0.411. The first kappa shape index (κ1) is 23.1. The summed E-state index contributed by atoms with van der Waals surface area (Å²) in [4.78, 5) is 17.1. The lowest BCUT2D eigenvalue weighted by Crippen LogP contribution is -2.18. The number of carbonyl (C=O) groups is 1. The van der Waals surface area contributed by atoms with Crippen LogP contribution in [0, 0.1) is 37.9 Å². The number of hydrogen-bond acceptors (Lipinski definition) is 6. The van der Waals surface area contributed by atoms with E-state index >= 15 is 0 Å². The second kappa shape index (κ2) is 9.80. The van der Waals surface area contributed by atoms with Gasteiger partial charge in [0.25, 0.3) is 0 Å². The number of aryl methyl sites for hydroxylation is 1. The summed E-state index contributed by atoms with van der Waals surface area (Å²) in [5.74, 6) is 1.61. The Bertz CT molecular complexity index is 1430. The van der Waals surface area contributed by atoms with Gasteiger partial charge in [-0.25, -0.2) is 9.37 Å². The summed E-state index contributed by atoms with van der Waals surface area (Å²) in [7, 11) is 0. The van der Waals surface area contributed by atoms with Gasteiger partial charge in [-0.2, -0.15) is 5.26 Å². The van der Waals surface area contributed by atoms with Gasteiger partial charge in [0.2, 0.25) is 11.1 Å². The van der Waals surface area contributed by atoms with Crippen LogP contribution in [0.5, 0.6) is 0 Å². The molecule has 0 aliphatic carbocycles. The Morgan fingerprint density at radius 2 is 2.12 bits per heavy atom. The third-order valence-electron chi connectivity index (χ3n) is 5.13. The van der Waals surface area contributed by atoms with Crippen molar-refractivity contribution in [1.29, 1.82) is 5.26 Å². The Labute approximate surface area is 199 Å². The highest BCUT2D eigenvalue weighted by Gasteiger charge is 2.21. The van der Waals surface area contributed by atoms with E-state index in [-0.39, 0.29) is 11.7 Å². The maximum absolute atomic E-state index is 13.8. The molecule has 4 rings (SSSR count). The first-order valence-corrected chi connectivity index (χ1v) is 11.3. The van der Waals surface area contributed by atoms with Crippen LogP contribution in [0.15, 0.2) is 46.0 Å². The van der Waals surface area contributed by atoms with Gasteiger partial charge in [0.15, 0.2) is 0 Å². The number of aromatic amines is 1. The van der Waals surface area contributed by atoms with Crippen molar-refractivity contribution in [2.45, 2.75) is 25.9 Å². The van der Waals surface area contributed by atoms with Crippen LogP contribution in [0.4, 0.5) is 10.2 Å². The van der Waals surface area contributed by atoms with Crippen LogP contribution in [0.2, 0.25) is 0 Å². The second-order valence-electron chi connectivity index (χ2n) is 7.48. The van der Waals surface area contributed by atoms with Crippen molar-refractivity contribution in [3.8, 4) is 11.8 Å². The van der Waals surface area contributed by atoms with Crippen LogP contribution in [-0.2, 0) is 4.79 Å². The summed E-state index contributed by atoms with van der Waals surface area (Å²) in [5.41, 5.74) is 2.30. The average Bonchev–Trinajstić information content (AvgIpc) is 3.50. The molecule has 34 heavy (non-hydrogen) atoms. The molecule has 2 N–H and O–H groups in total. The number of benzene rings is 1. The van der Waals surface area contributed by atoms with Crippen LogP contribution in [0.1, 0.15) is 34.2 Å². The number of halogens is 1. The molecule has 10 heteroatoms. The fraction of sp³-hybridized carbons (Fsp3) is 0.167. The third-order valence-corrected chi connectivity index (χ3v) is 5.98. The van der Waals surface area contributed by atoms with E-state index < -0.39 is 5.82 Å². The van der Waals surface area contributed by atoms with Crippen LogP contribution >= 0.6 is 11.8 Å². The zero-order chi connectivity index (χ0) is 24.2. The molecule has 0 bridgehead atoms. The molecular weight excluding hydrogens is 455 g/mol. The number of thioether (sulfide) groups is 1. The number of nitriles is 1. The van der Waals surface area contributed by atoms with E-state index in [4.69, 9.17) is 4.42 Å². The maximum Gasteiger partial charge on any atom is 0.236 e. The molecule has 0 aliphatic rings. The van der Waals surface area contributed by atoms with Gasteiger partial charge in [-0.05, 0) is 68.8 Å². The highest BCUT2D eigenvalue weighted by molar-refractivity contribution is 7.99. The highest BCUT2D eigenvalue weighted by Crippen LogP contribution is 2.30. The molecule has 0 unspecified atom stereocenters. The van der Waals surface area contributed by atoms with Crippen molar-refractivity contribution in [3.63, 3.8) is 0 Å². The number of aromatic nitrogens is 4. The van der Waals surface area contributed by atoms with Gasteiger partial charge in [-0.15, -0.1) is 5.10 Å². The van der Waals surface area contributed by atoms with Crippen molar-refractivity contribution >= 4 is 35.6 Å². The van der Waals surface area contributed by atoms with Crippen LogP contribution in [0.25, 0.3) is 17.8 Å². The van der Waals surface area contributed by atoms with Gasteiger partial charge >= 0.3 is 0 Å². The van der Waals surface area contributed by atoms with Crippen LogP contribution in [-0.4, -0.2) is 31.4 Å². The van der Waals surface area contributed by atoms with E-state index in [1.54, 1.807) is 35.8 Å². The molecule has 1 amide bonds. The smallest absolute Gasteiger partial charge is 0.236 e. The summed E-state index contributed by atoms with van der Waals surface area (Å²) < 4.78 is 21.0. The summed E-state index contributed by atoms with van der Waals surface area (Å²) in [6.07, 6.45) is 3.50. The molecule has 0 atom stereocenters. The number of carbonyl (C=O) groups excluding carboxylic acids is 1. The lowest BCUT2D eigenvalue weighted by atomic mass is 10.2. The van der Waals surface area contributed by atoms with Gasteiger partial charge in [0, 0.05) is 5.69 Å². The number of furan rings is 1. The number of hydrogen-bond donors (Lipinski definition) is 2. The molecule has 0 spiro atoms. The van der Waals surface area contributed by atoms with Gasteiger partial charge in [0.1, 0.15) is 35.0 Å². The fourth-order valence-corrected chi connectivity index (χ4v) is 4.00. The Morgan fingerprint density at radius 1 is 1.29 bits per heavy atom. The number of nitrogens with one attached hydrogen (secondary N) is 2. The number of H-pyrrole nitrogens is 1. The number of amides is 1. The summed E-state index contributed by atoms with van der Waals surface area (Å²) >= 11 is 1.15. The standard InChI is InChI=1S/C24H21FN6O2S/c1-14-7-8-19(33-14)9-10-21-27-24(30-29-21)34-13-22(32)28-23-20(12-26)15(2)16(3)31(23)18-6-4-5-17(25)11-18/h4-11H,13H2,1-3H3,(H,28,32)(H,27,29,30)/b10-9+. The Kier molecular flexibility index (Phi) is 6.65. The molecule has 172 valence electrons. The van der Waals surface area contributed by atoms with E-state index in [0.29, 0.717) is 39.4 Å². The van der Waals surface area contributed by atoms with E-state index in [0.717, 1.165) is 23.2 Å². The molecule has 0 radical (unpaired) electrons. The van der Waals surface area contributed by atoms with Gasteiger partial charge in [0.05, 0.1) is 17.0 Å². The van der Waals surface area contributed by atoms with Crippen molar-refractivity contribution < 1.29 is 13.6 Å². The van der Waals surface area contributed by atoms with E-state index in [1.165, 1.54) is 12.1 Å². The van der Waals surface area contributed by atoms with Gasteiger partial charge in [-0.1, -0.05) is 17.8 Å². The second-order valence-corrected chi connectivity index (χ2v) is 8.43. The topological polar surface area (TPSA) is 113 Å². The molecule has 1 aromatic carbocycles. The lowest BCUT2D eigenvalue weighted by molar-refractivity contribution is -0.113. The molecule has 3 heterocycles. The highest BCUT2D eigenvalue weighted by atomic mass is 32.2. The summed E-state index contributed by atoms with van der Waals surface area (Å²) in [6.45, 7) is 5.47. The van der Waals surface area contributed by atoms with Crippen molar-refractivity contribution in [3.05, 3.63) is 76.4 Å². The predicted octanol–water partition coefficient (Wildman–Crippen LogP) is 5.03. The first-order valence-electron chi connectivity index (χ1n) is 10.3. The lowest BCUT2D eigenvalue weighted by Gasteiger charge is -2.13.